The van der Waals surface area contributed by atoms with E-state index in [4.69, 9.17) is 4.74 Å². The zero-order valence-corrected chi connectivity index (χ0v) is 18.2. The third-order valence-corrected chi connectivity index (χ3v) is 6.97. The Morgan fingerprint density at radius 2 is 1.97 bits per heavy atom. The van der Waals surface area contributed by atoms with E-state index in [1.165, 1.54) is 25.3 Å². The van der Waals surface area contributed by atoms with Crippen LogP contribution in [-0.4, -0.2) is 25.0 Å². The first kappa shape index (κ1) is 22.2. The molecule has 1 aromatic carbocycles. The lowest BCUT2D eigenvalue weighted by Crippen LogP contribution is -2.41. The number of imide groups is 1. The van der Waals surface area contributed by atoms with E-state index in [0.29, 0.717) is 31.1 Å². The van der Waals surface area contributed by atoms with Gasteiger partial charge in [0.15, 0.2) is 11.6 Å². The van der Waals surface area contributed by atoms with E-state index in [1.54, 1.807) is 0 Å². The lowest BCUT2D eigenvalue weighted by atomic mass is 9.86. The van der Waals surface area contributed by atoms with E-state index < -0.39 is 0 Å². The Balaban J connectivity index is 1.14. The number of amides is 2. The predicted octanol–water partition coefficient (Wildman–Crippen LogP) is 3.70. The summed E-state index contributed by atoms with van der Waals surface area (Å²) in [5.74, 6) is 0.380. The number of carbonyl (C=O) groups excluding carboxylic acids is 2. The molecule has 1 atom stereocenters. The van der Waals surface area contributed by atoms with Crippen molar-refractivity contribution in [1.82, 2.24) is 16.2 Å². The molecular formula is C24H34FN3O3. The normalized spacial score (nSPS) is 22.7. The molecule has 170 valence electrons. The Morgan fingerprint density at radius 3 is 2.68 bits per heavy atom. The second-order valence-corrected chi connectivity index (χ2v) is 9.38. The molecule has 0 bridgehead atoms. The van der Waals surface area contributed by atoms with Crippen molar-refractivity contribution < 1.29 is 18.7 Å². The van der Waals surface area contributed by atoms with Crippen molar-refractivity contribution in [1.29, 1.82) is 0 Å². The predicted molar refractivity (Wildman–Crippen MR) is 116 cm³/mol. The molecule has 0 radical (unpaired) electrons. The van der Waals surface area contributed by atoms with Crippen molar-refractivity contribution in [2.24, 2.45) is 11.8 Å². The minimum atomic E-state index is -0.289. The summed E-state index contributed by atoms with van der Waals surface area (Å²) in [5.41, 5.74) is 7.72. The lowest BCUT2D eigenvalue weighted by molar-refractivity contribution is -0.136. The van der Waals surface area contributed by atoms with Crippen LogP contribution in [0, 0.1) is 17.7 Å². The highest BCUT2D eigenvalue weighted by molar-refractivity contribution is 5.98. The number of benzene rings is 1. The molecule has 3 fully saturated rings. The minimum Gasteiger partial charge on any atom is -0.490 e. The van der Waals surface area contributed by atoms with Gasteiger partial charge in [-0.1, -0.05) is 25.3 Å². The van der Waals surface area contributed by atoms with Crippen LogP contribution in [0.1, 0.15) is 76.2 Å². The maximum absolute atomic E-state index is 14.2. The molecular weight excluding hydrogens is 397 g/mol. The summed E-state index contributed by atoms with van der Waals surface area (Å²) >= 11 is 0. The van der Waals surface area contributed by atoms with Gasteiger partial charge < -0.3 is 4.74 Å². The Bertz CT molecular complexity index is 792. The number of ether oxygens (including phenoxy) is 1. The quantitative estimate of drug-likeness (QED) is 0.267. The van der Waals surface area contributed by atoms with Crippen LogP contribution in [0.3, 0.4) is 0 Å². The van der Waals surface area contributed by atoms with Gasteiger partial charge >= 0.3 is 0 Å². The van der Waals surface area contributed by atoms with E-state index in [9.17, 15) is 14.0 Å². The fraction of sp³-hybridized carbons (Fsp3) is 0.667. The van der Waals surface area contributed by atoms with Crippen LogP contribution < -0.4 is 20.9 Å². The van der Waals surface area contributed by atoms with Crippen molar-refractivity contribution in [2.45, 2.75) is 76.2 Å². The summed E-state index contributed by atoms with van der Waals surface area (Å²) in [6, 6.07) is 5.23. The van der Waals surface area contributed by atoms with Gasteiger partial charge in [0.05, 0.1) is 12.1 Å². The molecule has 6 nitrogen and oxygen atoms in total. The molecule has 2 amide bonds. The number of nitrogens with one attached hydrogen (secondary N) is 3. The first-order valence-electron chi connectivity index (χ1n) is 11.8. The van der Waals surface area contributed by atoms with Gasteiger partial charge in [-0.15, -0.1) is 0 Å². The molecule has 1 saturated heterocycles. The van der Waals surface area contributed by atoms with E-state index >= 15 is 0 Å². The SMILES string of the molecule is O=C1CCC(CCCCCNNC2(c3ccc(F)c(OCC4CCC4)c3)CC2)C(=O)N1. The molecule has 3 N–H and O–H groups in total. The van der Waals surface area contributed by atoms with E-state index in [-0.39, 0.29) is 29.1 Å². The molecule has 3 aliphatic rings. The van der Waals surface area contributed by atoms with E-state index in [1.807, 2.05) is 12.1 Å². The molecule has 2 aliphatic carbocycles. The van der Waals surface area contributed by atoms with Gasteiger partial charge in [-0.25, -0.2) is 9.82 Å². The Morgan fingerprint density at radius 1 is 1.13 bits per heavy atom. The van der Waals surface area contributed by atoms with E-state index in [2.05, 4.69) is 16.2 Å². The molecule has 2 saturated carbocycles. The summed E-state index contributed by atoms with van der Waals surface area (Å²) in [5, 5.41) is 2.42. The van der Waals surface area contributed by atoms with Gasteiger partial charge in [0.2, 0.25) is 11.8 Å². The van der Waals surface area contributed by atoms with Crippen molar-refractivity contribution in [3.05, 3.63) is 29.6 Å². The van der Waals surface area contributed by atoms with Crippen molar-refractivity contribution >= 4 is 11.8 Å². The fourth-order valence-electron chi connectivity index (χ4n) is 4.42. The molecule has 1 aliphatic heterocycles. The van der Waals surface area contributed by atoms with Crippen LogP contribution in [0.15, 0.2) is 18.2 Å². The lowest BCUT2D eigenvalue weighted by Gasteiger charge is -2.25. The summed E-state index contributed by atoms with van der Waals surface area (Å²) < 4.78 is 19.9. The van der Waals surface area contributed by atoms with Crippen LogP contribution in [0.4, 0.5) is 4.39 Å². The minimum absolute atomic E-state index is 0.0160. The molecule has 0 spiro atoms. The first-order valence-corrected chi connectivity index (χ1v) is 11.8. The highest BCUT2D eigenvalue weighted by Crippen LogP contribution is 2.46. The number of halogens is 1. The maximum atomic E-state index is 14.2. The van der Waals surface area contributed by atoms with Crippen molar-refractivity contribution in [2.75, 3.05) is 13.2 Å². The van der Waals surface area contributed by atoms with Gasteiger partial charge in [-0.3, -0.25) is 20.3 Å². The zero-order chi connectivity index (χ0) is 21.7. The number of piperidine rings is 1. The van der Waals surface area contributed by atoms with Crippen LogP contribution in [0.2, 0.25) is 0 Å². The van der Waals surface area contributed by atoms with Crippen LogP contribution in [0.5, 0.6) is 5.75 Å². The number of hydrogen-bond acceptors (Lipinski definition) is 5. The van der Waals surface area contributed by atoms with Gasteiger partial charge in [-0.05, 0) is 68.6 Å². The third kappa shape index (κ3) is 5.83. The van der Waals surface area contributed by atoms with Crippen molar-refractivity contribution in [3.8, 4) is 5.75 Å². The number of hydrazine groups is 1. The molecule has 7 heteroatoms. The Labute approximate surface area is 183 Å². The Kier molecular flexibility index (Phi) is 7.23. The summed E-state index contributed by atoms with van der Waals surface area (Å²) in [4.78, 5) is 23.0. The number of unbranched alkanes of at least 4 members (excludes halogenated alkanes) is 2. The van der Waals surface area contributed by atoms with Crippen LogP contribution in [-0.2, 0) is 15.1 Å². The topological polar surface area (TPSA) is 79.5 Å². The molecule has 1 unspecified atom stereocenters. The summed E-state index contributed by atoms with van der Waals surface area (Å²) in [6.07, 6.45) is 10.7. The third-order valence-electron chi connectivity index (χ3n) is 6.97. The highest BCUT2D eigenvalue weighted by Gasteiger charge is 2.44. The Hall–Kier alpha value is -1.99. The van der Waals surface area contributed by atoms with Crippen LogP contribution >= 0.6 is 0 Å². The monoisotopic (exact) mass is 431 g/mol. The average Bonchev–Trinajstić information content (AvgIpc) is 3.50. The molecule has 4 rings (SSSR count). The highest BCUT2D eigenvalue weighted by atomic mass is 19.1. The number of carbonyl (C=O) groups is 2. The van der Waals surface area contributed by atoms with Gasteiger partial charge in [0, 0.05) is 18.9 Å². The maximum Gasteiger partial charge on any atom is 0.229 e. The summed E-state index contributed by atoms with van der Waals surface area (Å²) in [6.45, 7) is 1.45. The first-order chi connectivity index (χ1) is 15.1. The standard InChI is InChI=1S/C24H34FN3O3/c25-20-10-9-19(15-21(20)31-16-17-5-4-6-17)24(12-13-24)28-26-14-3-1-2-7-18-8-11-22(29)27-23(18)30/h9-10,15,17-18,26,28H,1-8,11-14,16H2,(H,27,29,30). The van der Waals surface area contributed by atoms with Crippen LogP contribution in [0.25, 0.3) is 0 Å². The fourth-order valence-corrected chi connectivity index (χ4v) is 4.42. The second-order valence-electron chi connectivity index (χ2n) is 9.38. The number of rotatable bonds is 12. The van der Waals surface area contributed by atoms with Gasteiger partial charge in [-0.2, -0.15) is 0 Å². The molecule has 0 aromatic heterocycles. The smallest absolute Gasteiger partial charge is 0.229 e. The molecule has 1 aromatic rings. The zero-order valence-electron chi connectivity index (χ0n) is 18.2. The average molecular weight is 432 g/mol. The van der Waals surface area contributed by atoms with Crippen molar-refractivity contribution in [3.63, 3.8) is 0 Å². The van der Waals surface area contributed by atoms with Gasteiger partial charge in [0.1, 0.15) is 0 Å². The summed E-state index contributed by atoms with van der Waals surface area (Å²) in [7, 11) is 0. The number of hydrogen-bond donors (Lipinski definition) is 3. The molecule has 31 heavy (non-hydrogen) atoms. The largest absolute Gasteiger partial charge is 0.490 e. The second kappa shape index (κ2) is 10.1. The van der Waals surface area contributed by atoms with Gasteiger partial charge in [0.25, 0.3) is 0 Å². The van der Waals surface area contributed by atoms with E-state index in [0.717, 1.165) is 50.6 Å². The molecule has 1 heterocycles.